The zero-order chi connectivity index (χ0) is 10.7. The number of nitrogens with zero attached hydrogens (tertiary/aromatic N) is 2. The number of aromatic amines is 1. The van der Waals surface area contributed by atoms with Crippen LogP contribution in [0.15, 0.2) is 41.5 Å². The molecule has 0 saturated heterocycles. The summed E-state index contributed by atoms with van der Waals surface area (Å²) >= 11 is 0. The lowest BCUT2D eigenvalue weighted by atomic mass is 10.1. The largest absolute Gasteiger partial charge is 0.322 e. The third-order valence-electron chi connectivity index (χ3n) is 1.95. The van der Waals surface area contributed by atoms with E-state index in [9.17, 15) is 4.79 Å². The first-order valence-electron chi connectivity index (χ1n) is 4.34. The normalized spacial score (nSPS) is 9.53. The molecule has 0 unspecified atom stereocenters. The third kappa shape index (κ3) is 1.92. The average molecular weight is 197 g/mol. The highest BCUT2D eigenvalue weighted by Crippen LogP contribution is 2.14. The van der Waals surface area contributed by atoms with Gasteiger partial charge in [-0.25, -0.2) is 0 Å². The number of aromatic nitrogens is 2. The monoisotopic (exact) mass is 197 g/mol. The van der Waals surface area contributed by atoms with Crippen molar-refractivity contribution < 1.29 is 0 Å². The van der Waals surface area contributed by atoms with Crippen LogP contribution >= 0.6 is 0 Å². The highest BCUT2D eigenvalue weighted by Gasteiger charge is 1.99. The minimum Gasteiger partial charge on any atom is -0.322 e. The molecule has 2 aromatic heterocycles. The van der Waals surface area contributed by atoms with Crippen molar-refractivity contribution >= 4 is 0 Å². The smallest absolute Gasteiger partial charge is 0.248 e. The molecule has 0 bridgehead atoms. The molecule has 0 amide bonds. The second-order valence-electron chi connectivity index (χ2n) is 3.00. The molecule has 1 N–H and O–H groups in total. The van der Waals surface area contributed by atoms with E-state index in [1.54, 1.807) is 24.4 Å². The minimum atomic E-state index is -0.171. The van der Waals surface area contributed by atoms with E-state index in [2.05, 4.69) is 9.97 Å². The van der Waals surface area contributed by atoms with Crippen molar-refractivity contribution in [3.63, 3.8) is 0 Å². The van der Waals surface area contributed by atoms with Crippen LogP contribution in [0.1, 0.15) is 5.56 Å². The Morgan fingerprint density at radius 1 is 1.33 bits per heavy atom. The summed E-state index contributed by atoms with van der Waals surface area (Å²) in [6, 6.07) is 8.54. The van der Waals surface area contributed by atoms with Gasteiger partial charge >= 0.3 is 0 Å². The first kappa shape index (κ1) is 9.16. The fourth-order valence-corrected chi connectivity index (χ4v) is 1.26. The highest BCUT2D eigenvalue weighted by molar-refractivity contribution is 5.59. The topological polar surface area (TPSA) is 69.5 Å². The minimum absolute atomic E-state index is 0.171. The van der Waals surface area contributed by atoms with Gasteiger partial charge in [0.05, 0.1) is 5.56 Å². The van der Waals surface area contributed by atoms with Crippen molar-refractivity contribution in [1.29, 1.82) is 5.26 Å². The molecule has 2 aromatic rings. The zero-order valence-electron chi connectivity index (χ0n) is 7.77. The summed E-state index contributed by atoms with van der Waals surface area (Å²) in [5.41, 5.74) is 1.69. The summed E-state index contributed by atoms with van der Waals surface area (Å²) in [6.45, 7) is 0. The van der Waals surface area contributed by atoms with Crippen LogP contribution in [0.5, 0.6) is 0 Å². The fraction of sp³-hybridized carbons (Fsp3) is 0. The molecule has 0 radical (unpaired) electrons. The summed E-state index contributed by atoms with van der Waals surface area (Å²) in [5, 5.41) is 8.70. The number of hydrogen-bond donors (Lipinski definition) is 1. The number of nitriles is 1. The predicted octanol–water partition coefficient (Wildman–Crippen LogP) is 1.31. The first-order chi connectivity index (χ1) is 7.29. The molecule has 0 saturated carbocycles. The number of hydrogen-bond acceptors (Lipinski definition) is 3. The van der Waals surface area contributed by atoms with Gasteiger partial charge in [0, 0.05) is 29.7 Å². The van der Waals surface area contributed by atoms with Crippen LogP contribution in [0.2, 0.25) is 0 Å². The van der Waals surface area contributed by atoms with E-state index in [1.807, 2.05) is 6.07 Å². The Balaban J connectivity index is 2.55. The Labute approximate surface area is 85.8 Å². The Morgan fingerprint density at radius 2 is 2.20 bits per heavy atom. The van der Waals surface area contributed by atoms with E-state index in [0.29, 0.717) is 11.3 Å². The Bertz CT molecular complexity index is 581. The molecule has 0 aliphatic heterocycles. The van der Waals surface area contributed by atoms with Gasteiger partial charge in [0.15, 0.2) is 0 Å². The molecule has 2 rings (SSSR count). The van der Waals surface area contributed by atoms with Crippen molar-refractivity contribution in [2.24, 2.45) is 0 Å². The van der Waals surface area contributed by atoms with E-state index in [4.69, 9.17) is 5.26 Å². The van der Waals surface area contributed by atoms with Crippen LogP contribution < -0.4 is 5.56 Å². The maximum atomic E-state index is 11.1. The fourth-order valence-electron chi connectivity index (χ4n) is 1.26. The Kier molecular flexibility index (Phi) is 2.30. The highest BCUT2D eigenvalue weighted by atomic mass is 16.1. The van der Waals surface area contributed by atoms with Crippen molar-refractivity contribution in [3.05, 3.63) is 52.6 Å². The standard InChI is InChI=1S/C11H7N3O/c12-5-8-4-9(7-13-6-8)10-2-1-3-11(15)14-10/h1-4,6-7H,(H,14,15). The van der Waals surface area contributed by atoms with E-state index in [1.165, 1.54) is 12.3 Å². The molecule has 0 spiro atoms. The van der Waals surface area contributed by atoms with E-state index in [0.717, 1.165) is 5.56 Å². The maximum absolute atomic E-state index is 11.1. The average Bonchev–Trinajstić information content (AvgIpc) is 2.29. The van der Waals surface area contributed by atoms with Gasteiger partial charge in [-0.3, -0.25) is 9.78 Å². The molecule has 4 heteroatoms. The van der Waals surface area contributed by atoms with E-state index < -0.39 is 0 Å². The Morgan fingerprint density at radius 3 is 2.93 bits per heavy atom. The molecule has 0 aliphatic rings. The number of nitrogens with one attached hydrogen (secondary N) is 1. The van der Waals surface area contributed by atoms with Gasteiger partial charge in [0.2, 0.25) is 5.56 Å². The molecule has 72 valence electrons. The molecule has 0 fully saturated rings. The number of pyridine rings is 2. The van der Waals surface area contributed by atoms with Crippen LogP contribution in [-0.4, -0.2) is 9.97 Å². The van der Waals surface area contributed by atoms with Gasteiger partial charge in [-0.2, -0.15) is 5.26 Å². The summed E-state index contributed by atoms with van der Waals surface area (Å²) < 4.78 is 0. The summed E-state index contributed by atoms with van der Waals surface area (Å²) in [6.07, 6.45) is 3.08. The number of H-pyrrole nitrogens is 1. The van der Waals surface area contributed by atoms with E-state index >= 15 is 0 Å². The SMILES string of the molecule is N#Cc1cncc(-c2cccc(=O)[nH]2)c1. The van der Waals surface area contributed by atoms with Crippen molar-refractivity contribution in [2.45, 2.75) is 0 Å². The third-order valence-corrected chi connectivity index (χ3v) is 1.95. The predicted molar refractivity (Wildman–Crippen MR) is 55.0 cm³/mol. The molecular formula is C11H7N3O. The van der Waals surface area contributed by atoms with Crippen LogP contribution in [0, 0.1) is 11.3 Å². The van der Waals surface area contributed by atoms with Crippen LogP contribution in [0.25, 0.3) is 11.3 Å². The van der Waals surface area contributed by atoms with Gasteiger partial charge in [-0.05, 0) is 12.1 Å². The lowest BCUT2D eigenvalue weighted by molar-refractivity contribution is 1.22. The number of rotatable bonds is 1. The molecule has 0 atom stereocenters. The van der Waals surface area contributed by atoms with Gasteiger partial charge < -0.3 is 4.98 Å². The molecular weight excluding hydrogens is 190 g/mol. The van der Waals surface area contributed by atoms with Gasteiger partial charge in [0.1, 0.15) is 6.07 Å². The van der Waals surface area contributed by atoms with Crippen LogP contribution in [0.4, 0.5) is 0 Å². The van der Waals surface area contributed by atoms with Crippen molar-refractivity contribution in [1.82, 2.24) is 9.97 Å². The molecule has 2 heterocycles. The van der Waals surface area contributed by atoms with Gasteiger partial charge in [-0.1, -0.05) is 6.07 Å². The maximum Gasteiger partial charge on any atom is 0.248 e. The lowest BCUT2D eigenvalue weighted by Crippen LogP contribution is -2.03. The second-order valence-corrected chi connectivity index (χ2v) is 3.00. The Hall–Kier alpha value is -2.41. The molecule has 4 nitrogen and oxygen atoms in total. The molecule has 0 aliphatic carbocycles. The summed E-state index contributed by atoms with van der Waals surface area (Å²) in [4.78, 5) is 17.7. The molecule has 0 aromatic carbocycles. The summed E-state index contributed by atoms with van der Waals surface area (Å²) in [5.74, 6) is 0. The van der Waals surface area contributed by atoms with Gasteiger partial charge in [-0.15, -0.1) is 0 Å². The van der Waals surface area contributed by atoms with Crippen molar-refractivity contribution in [2.75, 3.05) is 0 Å². The summed E-state index contributed by atoms with van der Waals surface area (Å²) in [7, 11) is 0. The van der Waals surface area contributed by atoms with Crippen molar-refractivity contribution in [3.8, 4) is 17.3 Å². The second kappa shape index (κ2) is 3.76. The quantitative estimate of drug-likeness (QED) is 0.749. The van der Waals surface area contributed by atoms with E-state index in [-0.39, 0.29) is 5.56 Å². The van der Waals surface area contributed by atoms with Crippen LogP contribution in [0.3, 0.4) is 0 Å². The first-order valence-corrected chi connectivity index (χ1v) is 4.34. The lowest BCUT2D eigenvalue weighted by Gasteiger charge is -1.99. The zero-order valence-corrected chi connectivity index (χ0v) is 7.77. The van der Waals surface area contributed by atoms with Crippen LogP contribution in [-0.2, 0) is 0 Å². The molecule has 15 heavy (non-hydrogen) atoms. The van der Waals surface area contributed by atoms with Gasteiger partial charge in [0.25, 0.3) is 0 Å².